The van der Waals surface area contributed by atoms with Gasteiger partial charge in [-0.25, -0.2) is 0 Å². The van der Waals surface area contributed by atoms with Crippen LogP contribution in [0, 0.1) is 5.92 Å². The predicted molar refractivity (Wildman–Crippen MR) is 78.1 cm³/mol. The number of carbonyl (C=O) groups excluding carboxylic acids is 1. The van der Waals surface area contributed by atoms with Crippen molar-refractivity contribution >= 4 is 5.91 Å². The van der Waals surface area contributed by atoms with Crippen LogP contribution in [0.1, 0.15) is 40.0 Å². The highest BCUT2D eigenvalue weighted by Crippen LogP contribution is 2.20. The molecule has 2 aliphatic rings. The van der Waals surface area contributed by atoms with Crippen LogP contribution in [0.5, 0.6) is 0 Å². The van der Waals surface area contributed by atoms with Crippen LogP contribution in [0.4, 0.5) is 0 Å². The van der Waals surface area contributed by atoms with E-state index in [4.69, 9.17) is 0 Å². The molecule has 110 valence electrons. The van der Waals surface area contributed by atoms with Crippen molar-refractivity contribution in [2.24, 2.45) is 5.92 Å². The normalized spacial score (nSPS) is 30.6. The van der Waals surface area contributed by atoms with Crippen LogP contribution in [-0.2, 0) is 4.79 Å². The van der Waals surface area contributed by atoms with E-state index in [0.717, 1.165) is 39.1 Å². The molecule has 0 aromatic heterocycles. The van der Waals surface area contributed by atoms with E-state index in [1.165, 1.54) is 12.8 Å². The second-order valence-electron chi connectivity index (χ2n) is 6.13. The van der Waals surface area contributed by atoms with Gasteiger partial charge in [-0.05, 0) is 38.6 Å². The number of hydrogen-bond donors (Lipinski definition) is 1. The topological polar surface area (TPSA) is 35.6 Å². The van der Waals surface area contributed by atoms with Crippen molar-refractivity contribution in [2.75, 3.05) is 32.7 Å². The molecule has 0 saturated carbocycles. The summed E-state index contributed by atoms with van der Waals surface area (Å²) in [5.74, 6) is 0.967. The molecule has 0 radical (unpaired) electrons. The van der Waals surface area contributed by atoms with Crippen molar-refractivity contribution in [1.29, 1.82) is 0 Å². The number of piperidine rings is 1. The van der Waals surface area contributed by atoms with Gasteiger partial charge in [-0.2, -0.15) is 0 Å². The summed E-state index contributed by atoms with van der Waals surface area (Å²) in [5.41, 5.74) is 0. The van der Waals surface area contributed by atoms with Gasteiger partial charge in [0.05, 0.1) is 6.04 Å². The summed E-state index contributed by atoms with van der Waals surface area (Å²) in [6.45, 7) is 11.6. The Morgan fingerprint density at radius 2 is 2.00 bits per heavy atom. The molecule has 1 amide bonds. The lowest BCUT2D eigenvalue weighted by molar-refractivity contribution is -0.136. The molecule has 4 nitrogen and oxygen atoms in total. The van der Waals surface area contributed by atoms with E-state index in [1.807, 2.05) is 4.90 Å². The zero-order chi connectivity index (χ0) is 13.8. The number of carbonyl (C=O) groups is 1. The zero-order valence-electron chi connectivity index (χ0n) is 12.7. The zero-order valence-corrected chi connectivity index (χ0v) is 12.7. The van der Waals surface area contributed by atoms with E-state index < -0.39 is 0 Å². The minimum Gasteiger partial charge on any atom is -0.341 e. The average molecular weight is 267 g/mol. The van der Waals surface area contributed by atoms with Crippen LogP contribution in [-0.4, -0.2) is 60.5 Å². The van der Waals surface area contributed by atoms with Crippen LogP contribution in [0.2, 0.25) is 0 Å². The maximum atomic E-state index is 12.4. The number of amides is 1. The Balaban J connectivity index is 1.86. The molecule has 0 aromatic rings. The van der Waals surface area contributed by atoms with Crippen molar-refractivity contribution in [3.05, 3.63) is 0 Å². The largest absolute Gasteiger partial charge is 0.341 e. The first kappa shape index (κ1) is 14.8. The third kappa shape index (κ3) is 3.48. The van der Waals surface area contributed by atoms with Crippen LogP contribution in [0.25, 0.3) is 0 Å². The van der Waals surface area contributed by atoms with Gasteiger partial charge in [0, 0.05) is 32.2 Å². The first-order valence-corrected chi connectivity index (χ1v) is 7.89. The lowest BCUT2D eigenvalue weighted by atomic mass is 9.92. The van der Waals surface area contributed by atoms with Crippen LogP contribution in [0.3, 0.4) is 0 Å². The molecule has 3 atom stereocenters. The summed E-state index contributed by atoms with van der Waals surface area (Å²) in [6.07, 6.45) is 3.52. The van der Waals surface area contributed by atoms with E-state index in [0.29, 0.717) is 17.9 Å². The number of nitrogens with zero attached hydrogens (tertiary/aromatic N) is 2. The Bertz CT molecular complexity index is 302. The monoisotopic (exact) mass is 267 g/mol. The van der Waals surface area contributed by atoms with Gasteiger partial charge in [0.15, 0.2) is 0 Å². The third-order valence-electron chi connectivity index (χ3n) is 4.73. The van der Waals surface area contributed by atoms with Crippen molar-refractivity contribution in [2.45, 2.75) is 52.1 Å². The maximum absolute atomic E-state index is 12.4. The highest BCUT2D eigenvalue weighted by molar-refractivity contribution is 5.81. The number of nitrogens with one attached hydrogen (secondary N) is 1. The molecule has 2 heterocycles. The molecule has 0 aromatic carbocycles. The molecule has 2 fully saturated rings. The molecule has 0 aliphatic carbocycles. The molecule has 0 bridgehead atoms. The molecule has 2 rings (SSSR count). The SMILES string of the molecule is CCNC1CCN(C(C)C(=O)N2CCCC2)CC1C. The second-order valence-corrected chi connectivity index (χ2v) is 6.13. The van der Waals surface area contributed by atoms with Gasteiger partial charge in [0.2, 0.25) is 5.91 Å². The number of hydrogen-bond acceptors (Lipinski definition) is 3. The van der Waals surface area contributed by atoms with Crippen LogP contribution < -0.4 is 5.32 Å². The van der Waals surface area contributed by atoms with E-state index in [1.54, 1.807) is 0 Å². The van der Waals surface area contributed by atoms with Crippen LogP contribution >= 0.6 is 0 Å². The minimum atomic E-state index is 0.0585. The van der Waals surface area contributed by atoms with Crippen molar-refractivity contribution in [3.63, 3.8) is 0 Å². The smallest absolute Gasteiger partial charge is 0.239 e. The molecule has 4 heteroatoms. The van der Waals surface area contributed by atoms with Gasteiger partial charge in [-0.15, -0.1) is 0 Å². The van der Waals surface area contributed by atoms with Crippen molar-refractivity contribution < 1.29 is 4.79 Å². The highest BCUT2D eigenvalue weighted by atomic mass is 16.2. The van der Waals surface area contributed by atoms with Gasteiger partial charge >= 0.3 is 0 Å². The number of rotatable bonds is 4. The van der Waals surface area contributed by atoms with Gasteiger partial charge in [-0.1, -0.05) is 13.8 Å². The Hall–Kier alpha value is -0.610. The second kappa shape index (κ2) is 6.71. The van der Waals surface area contributed by atoms with Crippen LogP contribution in [0.15, 0.2) is 0 Å². The van der Waals surface area contributed by atoms with Gasteiger partial charge < -0.3 is 10.2 Å². The lowest BCUT2D eigenvalue weighted by Crippen LogP contribution is -2.54. The third-order valence-corrected chi connectivity index (χ3v) is 4.73. The maximum Gasteiger partial charge on any atom is 0.239 e. The predicted octanol–water partition coefficient (Wildman–Crippen LogP) is 1.32. The summed E-state index contributed by atoms with van der Waals surface area (Å²) in [7, 11) is 0. The summed E-state index contributed by atoms with van der Waals surface area (Å²) in [5, 5.41) is 3.56. The highest BCUT2D eigenvalue weighted by Gasteiger charge is 2.32. The number of likely N-dealkylation sites (tertiary alicyclic amines) is 2. The molecular weight excluding hydrogens is 238 g/mol. The first-order valence-electron chi connectivity index (χ1n) is 7.89. The summed E-state index contributed by atoms with van der Waals surface area (Å²) < 4.78 is 0. The molecule has 3 unspecified atom stereocenters. The molecule has 1 N–H and O–H groups in total. The first-order chi connectivity index (χ1) is 9.13. The average Bonchev–Trinajstić information content (AvgIpc) is 2.93. The van der Waals surface area contributed by atoms with Crippen molar-refractivity contribution in [1.82, 2.24) is 15.1 Å². The summed E-state index contributed by atoms with van der Waals surface area (Å²) in [4.78, 5) is 16.8. The molecule has 0 spiro atoms. The standard InChI is InChI=1S/C15H29N3O/c1-4-16-14-7-10-18(11-12(14)2)13(3)15(19)17-8-5-6-9-17/h12-14,16H,4-11H2,1-3H3. The van der Waals surface area contributed by atoms with Gasteiger partial charge in [0.1, 0.15) is 0 Å². The van der Waals surface area contributed by atoms with Gasteiger partial charge in [-0.3, -0.25) is 9.69 Å². The fourth-order valence-electron chi connectivity index (χ4n) is 3.45. The molecule has 19 heavy (non-hydrogen) atoms. The Kier molecular flexibility index (Phi) is 5.22. The van der Waals surface area contributed by atoms with E-state index in [2.05, 4.69) is 31.0 Å². The molecule has 2 saturated heterocycles. The molecule has 2 aliphatic heterocycles. The van der Waals surface area contributed by atoms with Crippen molar-refractivity contribution in [3.8, 4) is 0 Å². The van der Waals surface area contributed by atoms with E-state index in [-0.39, 0.29) is 6.04 Å². The van der Waals surface area contributed by atoms with E-state index in [9.17, 15) is 4.79 Å². The fourth-order valence-corrected chi connectivity index (χ4v) is 3.45. The Morgan fingerprint density at radius 3 is 2.58 bits per heavy atom. The quantitative estimate of drug-likeness (QED) is 0.834. The Labute approximate surface area is 117 Å². The fraction of sp³-hybridized carbons (Fsp3) is 0.933. The minimum absolute atomic E-state index is 0.0585. The Morgan fingerprint density at radius 1 is 1.32 bits per heavy atom. The molecular formula is C15H29N3O. The van der Waals surface area contributed by atoms with E-state index >= 15 is 0 Å². The van der Waals surface area contributed by atoms with Gasteiger partial charge in [0.25, 0.3) is 0 Å². The lowest BCUT2D eigenvalue weighted by Gasteiger charge is -2.40. The summed E-state index contributed by atoms with van der Waals surface area (Å²) in [6, 6.07) is 0.679. The summed E-state index contributed by atoms with van der Waals surface area (Å²) >= 11 is 0.